The van der Waals surface area contributed by atoms with Gasteiger partial charge >= 0.3 is 0 Å². The lowest BCUT2D eigenvalue weighted by Crippen LogP contribution is -2.25. The van der Waals surface area contributed by atoms with Crippen molar-refractivity contribution in [1.82, 2.24) is 9.97 Å². The van der Waals surface area contributed by atoms with Crippen LogP contribution in [0.15, 0.2) is 11.4 Å². The van der Waals surface area contributed by atoms with E-state index in [0.29, 0.717) is 12.0 Å². The van der Waals surface area contributed by atoms with Crippen molar-refractivity contribution in [2.24, 2.45) is 5.14 Å². The molecule has 0 aliphatic heterocycles. The summed E-state index contributed by atoms with van der Waals surface area (Å²) in [4.78, 5) is 7.91. The first-order chi connectivity index (χ1) is 8.80. The number of nitrogens with two attached hydrogens (primary N) is 1. The molecule has 0 saturated carbocycles. The number of primary sulfonamides is 1. The monoisotopic (exact) mass is 305 g/mol. The lowest BCUT2D eigenvalue weighted by atomic mass is 9.98. The Morgan fingerprint density at radius 3 is 2.42 bits per heavy atom. The van der Waals surface area contributed by atoms with Gasteiger partial charge < -0.3 is 0 Å². The molecule has 0 saturated heterocycles. The van der Waals surface area contributed by atoms with Crippen molar-refractivity contribution in [1.29, 1.82) is 0 Å². The van der Waals surface area contributed by atoms with Gasteiger partial charge in [0.25, 0.3) is 0 Å². The molecule has 0 aromatic carbocycles. The highest BCUT2D eigenvalue weighted by Crippen LogP contribution is 2.24. The van der Waals surface area contributed by atoms with Gasteiger partial charge in [-0.1, -0.05) is 0 Å². The van der Waals surface area contributed by atoms with Crippen molar-refractivity contribution in [3.63, 3.8) is 0 Å². The smallest absolute Gasteiger partial charge is 0.210 e. The van der Waals surface area contributed by atoms with Crippen LogP contribution in [-0.4, -0.2) is 38.3 Å². The highest BCUT2D eigenvalue weighted by atomic mass is 32.2. The molecule has 0 amide bonds. The Morgan fingerprint density at radius 1 is 1.05 bits per heavy atom. The van der Waals surface area contributed by atoms with Gasteiger partial charge in [-0.2, -0.15) is 0 Å². The predicted octanol–water partition coefficient (Wildman–Crippen LogP) is -0.582. The minimum absolute atomic E-state index is 0.0409. The molecule has 0 bridgehead atoms. The minimum atomic E-state index is -3.81. The summed E-state index contributed by atoms with van der Waals surface area (Å²) in [5.74, 6) is -1.15. The zero-order chi connectivity index (χ0) is 14.1. The van der Waals surface area contributed by atoms with Gasteiger partial charge in [-0.3, -0.25) is 0 Å². The van der Waals surface area contributed by atoms with Gasteiger partial charge in [-0.25, -0.2) is 31.9 Å². The molecule has 1 aromatic heterocycles. The molecule has 0 radical (unpaired) electrons. The van der Waals surface area contributed by atoms with E-state index in [2.05, 4.69) is 9.97 Å². The number of nitrogens with zero attached hydrogens (tertiary/aromatic N) is 2. The molecule has 0 fully saturated rings. The Morgan fingerprint density at radius 2 is 1.74 bits per heavy atom. The first-order valence-corrected chi connectivity index (χ1v) is 9.22. The molecule has 1 aromatic rings. The number of fused-ring (bicyclic) bond motifs is 1. The average molecular weight is 305 g/mol. The Labute approximate surface area is 112 Å². The number of sulfonamides is 1. The van der Waals surface area contributed by atoms with Gasteiger partial charge in [0.2, 0.25) is 10.0 Å². The number of hydrogen-bond acceptors (Lipinski definition) is 6. The molecule has 1 heterocycles. The number of aromatic nitrogens is 2. The fourth-order valence-electron chi connectivity index (χ4n) is 2.08. The van der Waals surface area contributed by atoms with Gasteiger partial charge in [0.05, 0.1) is 11.5 Å². The second kappa shape index (κ2) is 5.14. The Balaban J connectivity index is 2.36. The van der Waals surface area contributed by atoms with Crippen molar-refractivity contribution in [3.8, 4) is 0 Å². The van der Waals surface area contributed by atoms with E-state index in [0.717, 1.165) is 25.0 Å². The average Bonchev–Trinajstić information content (AvgIpc) is 2.35. The van der Waals surface area contributed by atoms with Crippen LogP contribution in [0.2, 0.25) is 0 Å². The van der Waals surface area contributed by atoms with Crippen LogP contribution in [-0.2, 0) is 32.7 Å². The summed E-state index contributed by atoms with van der Waals surface area (Å²) in [6, 6.07) is 0. The third-order valence-electron chi connectivity index (χ3n) is 3.02. The zero-order valence-corrected chi connectivity index (χ0v) is 11.9. The maximum Gasteiger partial charge on any atom is 0.210 e. The van der Waals surface area contributed by atoms with Gasteiger partial charge in [0.1, 0.15) is 6.33 Å². The van der Waals surface area contributed by atoms with E-state index in [1.54, 1.807) is 0 Å². The summed E-state index contributed by atoms with van der Waals surface area (Å²) in [5.41, 5.74) is 1.37. The second-order valence-electron chi connectivity index (χ2n) is 4.50. The summed E-state index contributed by atoms with van der Waals surface area (Å²) in [7, 11) is -7.55. The summed E-state index contributed by atoms with van der Waals surface area (Å²) < 4.78 is 46.0. The van der Waals surface area contributed by atoms with Crippen LogP contribution in [0.4, 0.5) is 0 Å². The molecule has 0 atom stereocenters. The van der Waals surface area contributed by atoms with Crippen LogP contribution in [0.5, 0.6) is 0 Å². The van der Waals surface area contributed by atoms with E-state index in [-0.39, 0.29) is 5.03 Å². The number of rotatable bonds is 4. The first kappa shape index (κ1) is 14.4. The maximum absolute atomic E-state index is 12.1. The van der Waals surface area contributed by atoms with Crippen LogP contribution in [0, 0.1) is 0 Å². The quantitative estimate of drug-likeness (QED) is 0.743. The maximum atomic E-state index is 12.1. The number of aryl methyl sites for hydroxylation is 1. The topological polar surface area (TPSA) is 120 Å². The standard InChI is InChI=1S/C10H15N3O4S2/c11-19(16,17)6-5-18(14,15)10-8-3-1-2-4-9(8)12-7-13-10/h7H,1-6H2,(H2,11,16,17). The highest BCUT2D eigenvalue weighted by molar-refractivity contribution is 7.94. The molecular formula is C10H15N3O4S2. The fraction of sp³-hybridized carbons (Fsp3) is 0.600. The second-order valence-corrected chi connectivity index (χ2v) is 8.26. The molecular weight excluding hydrogens is 290 g/mol. The van der Waals surface area contributed by atoms with Crippen LogP contribution in [0.25, 0.3) is 0 Å². The summed E-state index contributed by atoms with van der Waals surface area (Å²) in [6.45, 7) is 0. The number of sulfone groups is 1. The first-order valence-electron chi connectivity index (χ1n) is 5.85. The highest BCUT2D eigenvalue weighted by Gasteiger charge is 2.26. The van der Waals surface area contributed by atoms with E-state index >= 15 is 0 Å². The summed E-state index contributed by atoms with van der Waals surface area (Å²) in [5, 5.41) is 4.79. The third kappa shape index (κ3) is 3.48. The van der Waals surface area contributed by atoms with E-state index in [4.69, 9.17) is 5.14 Å². The van der Waals surface area contributed by atoms with Gasteiger partial charge in [-0.15, -0.1) is 0 Å². The molecule has 19 heavy (non-hydrogen) atoms. The van der Waals surface area contributed by atoms with Gasteiger partial charge in [0, 0.05) is 11.3 Å². The Hall–Kier alpha value is -1.06. The minimum Gasteiger partial charge on any atom is -0.241 e. The molecule has 7 nitrogen and oxygen atoms in total. The SMILES string of the molecule is NS(=O)(=O)CCS(=O)(=O)c1ncnc2c1CCCC2. The third-order valence-corrected chi connectivity index (χ3v) is 5.73. The lowest BCUT2D eigenvalue weighted by Gasteiger charge is -2.16. The molecule has 9 heteroatoms. The van der Waals surface area contributed by atoms with E-state index in [1.807, 2.05) is 0 Å². The molecule has 1 aliphatic rings. The van der Waals surface area contributed by atoms with E-state index in [1.165, 1.54) is 6.33 Å². The zero-order valence-electron chi connectivity index (χ0n) is 10.2. The number of hydrogen-bond donors (Lipinski definition) is 1. The molecule has 106 valence electrons. The largest absolute Gasteiger partial charge is 0.241 e. The van der Waals surface area contributed by atoms with Crippen molar-refractivity contribution < 1.29 is 16.8 Å². The summed E-state index contributed by atoms with van der Waals surface area (Å²) in [6.07, 6.45) is 4.42. The Kier molecular flexibility index (Phi) is 3.88. The van der Waals surface area contributed by atoms with E-state index in [9.17, 15) is 16.8 Å². The van der Waals surface area contributed by atoms with Crippen LogP contribution in [0.1, 0.15) is 24.1 Å². The van der Waals surface area contributed by atoms with Crippen LogP contribution < -0.4 is 5.14 Å². The lowest BCUT2D eigenvalue weighted by molar-refractivity contribution is 0.579. The van der Waals surface area contributed by atoms with Crippen molar-refractivity contribution in [2.45, 2.75) is 30.7 Å². The predicted molar refractivity (Wildman–Crippen MR) is 68.7 cm³/mol. The van der Waals surface area contributed by atoms with Gasteiger partial charge in [0.15, 0.2) is 14.9 Å². The van der Waals surface area contributed by atoms with Crippen LogP contribution in [0.3, 0.4) is 0 Å². The normalized spacial score (nSPS) is 16.1. The molecule has 2 N–H and O–H groups in total. The summed E-state index contributed by atoms with van der Waals surface area (Å²) >= 11 is 0. The van der Waals surface area contributed by atoms with Gasteiger partial charge in [-0.05, 0) is 25.7 Å². The van der Waals surface area contributed by atoms with Crippen LogP contribution >= 0.6 is 0 Å². The van der Waals surface area contributed by atoms with E-state index < -0.39 is 31.4 Å². The molecule has 1 aliphatic carbocycles. The fourth-order valence-corrected chi connectivity index (χ4v) is 4.88. The van der Waals surface area contributed by atoms with Crippen molar-refractivity contribution in [3.05, 3.63) is 17.6 Å². The van der Waals surface area contributed by atoms with Crippen molar-refractivity contribution >= 4 is 19.9 Å². The molecule has 0 spiro atoms. The molecule has 0 unspecified atom stereocenters. The molecule has 2 rings (SSSR count). The van der Waals surface area contributed by atoms with Crippen molar-refractivity contribution in [2.75, 3.05) is 11.5 Å². The Bertz CT molecular complexity index is 683.